The molecule has 1 aliphatic rings. The minimum Gasteiger partial charge on any atom is -0.493 e. The summed E-state index contributed by atoms with van der Waals surface area (Å²) in [6.07, 6.45) is 0.535. The molecule has 4 rings (SSSR count). The Kier molecular flexibility index (Phi) is 6.74. The molecule has 1 aromatic heterocycles. The summed E-state index contributed by atoms with van der Waals surface area (Å²) in [7, 11) is 3.14. The van der Waals surface area contributed by atoms with Crippen LogP contribution in [0, 0.1) is 6.92 Å². The minimum absolute atomic E-state index is 0.355. The number of hydrogen-bond donors (Lipinski definition) is 0. The Morgan fingerprint density at radius 1 is 1.06 bits per heavy atom. The van der Waals surface area contributed by atoms with Gasteiger partial charge >= 0.3 is 5.97 Å². The summed E-state index contributed by atoms with van der Waals surface area (Å²) in [4.78, 5) is 26.6. The summed E-state index contributed by atoms with van der Waals surface area (Å²) in [6.45, 7) is 1.42. The average Bonchev–Trinajstić information content (AvgIpc) is 3.52. The second-order valence-corrected chi connectivity index (χ2v) is 8.44. The molecule has 2 aromatic carbocycles. The fourth-order valence-corrected chi connectivity index (χ4v) is 4.45. The monoisotopic (exact) mass is 464 g/mol. The third kappa shape index (κ3) is 4.75. The van der Waals surface area contributed by atoms with Crippen LogP contribution in [0.3, 0.4) is 0 Å². The molecule has 170 valence electrons. The Morgan fingerprint density at radius 3 is 2.55 bits per heavy atom. The number of benzene rings is 2. The third-order valence-electron chi connectivity index (χ3n) is 5.46. The number of methoxy groups -OCH3 is 2. The lowest BCUT2D eigenvalue weighted by molar-refractivity contribution is -0.136. The molecular weight excluding hydrogens is 440 g/mol. The number of carbonyl (C=O) groups is 2. The van der Waals surface area contributed by atoms with Gasteiger partial charge in [-0.25, -0.2) is 9.80 Å². The van der Waals surface area contributed by atoms with Crippen molar-refractivity contribution in [2.24, 2.45) is 5.10 Å². The van der Waals surface area contributed by atoms with Gasteiger partial charge in [0.2, 0.25) is 0 Å². The van der Waals surface area contributed by atoms with E-state index < -0.39 is 18.5 Å². The van der Waals surface area contributed by atoms with E-state index in [0.29, 0.717) is 23.5 Å². The van der Waals surface area contributed by atoms with Crippen LogP contribution in [0.2, 0.25) is 0 Å². The van der Waals surface area contributed by atoms with Crippen LogP contribution in [0.25, 0.3) is 0 Å². The molecule has 0 spiro atoms. The molecular formula is C25H24N2O5S. The zero-order valence-corrected chi connectivity index (χ0v) is 19.4. The number of hydrogen-bond acceptors (Lipinski definition) is 7. The van der Waals surface area contributed by atoms with Crippen LogP contribution in [0.15, 0.2) is 65.1 Å². The smallest absolute Gasteiger partial charge is 0.338 e. The maximum absolute atomic E-state index is 13.1. The van der Waals surface area contributed by atoms with E-state index >= 15 is 0 Å². The van der Waals surface area contributed by atoms with E-state index in [2.05, 4.69) is 5.10 Å². The van der Waals surface area contributed by atoms with E-state index in [1.54, 1.807) is 43.8 Å². The first-order valence-electron chi connectivity index (χ1n) is 10.4. The van der Waals surface area contributed by atoms with Gasteiger partial charge in [-0.2, -0.15) is 5.10 Å². The molecule has 3 aromatic rings. The standard InChI is InChI=1S/C25H24N2O5S/c1-16-7-4-5-8-18(16)25(29)32-15-24(28)27-20(14-19(26-27)23-9-6-12-33-23)17-10-11-21(30-2)22(13-17)31-3/h4-13,20H,14-15H2,1-3H3/t20-/m1/s1. The first kappa shape index (κ1) is 22.5. The van der Waals surface area contributed by atoms with Crippen molar-refractivity contribution in [2.75, 3.05) is 20.8 Å². The highest BCUT2D eigenvalue weighted by Gasteiger charge is 2.34. The van der Waals surface area contributed by atoms with Crippen LogP contribution in [-0.2, 0) is 9.53 Å². The Labute approximate surface area is 196 Å². The molecule has 0 aliphatic carbocycles. The van der Waals surface area contributed by atoms with E-state index in [-0.39, 0.29) is 6.04 Å². The minimum atomic E-state index is -0.536. The van der Waals surface area contributed by atoms with Crippen molar-refractivity contribution in [3.63, 3.8) is 0 Å². The predicted molar refractivity (Wildman–Crippen MR) is 126 cm³/mol. The third-order valence-corrected chi connectivity index (χ3v) is 6.37. The molecule has 0 N–H and O–H groups in total. The Balaban J connectivity index is 1.57. The number of hydrazone groups is 1. The zero-order chi connectivity index (χ0) is 23.4. The maximum Gasteiger partial charge on any atom is 0.338 e. The van der Waals surface area contributed by atoms with Crippen LogP contribution >= 0.6 is 11.3 Å². The number of amides is 1. The quantitative estimate of drug-likeness (QED) is 0.477. The van der Waals surface area contributed by atoms with Gasteiger partial charge in [0.25, 0.3) is 5.91 Å². The lowest BCUT2D eigenvalue weighted by Gasteiger charge is -2.23. The molecule has 0 saturated carbocycles. The molecule has 1 atom stereocenters. The van der Waals surface area contributed by atoms with E-state index in [0.717, 1.165) is 21.7 Å². The van der Waals surface area contributed by atoms with E-state index in [4.69, 9.17) is 14.2 Å². The van der Waals surface area contributed by atoms with Gasteiger partial charge in [-0.3, -0.25) is 4.79 Å². The molecule has 33 heavy (non-hydrogen) atoms. The van der Waals surface area contributed by atoms with Crippen molar-refractivity contribution < 1.29 is 23.8 Å². The second kappa shape index (κ2) is 9.87. The van der Waals surface area contributed by atoms with Crippen molar-refractivity contribution in [3.05, 3.63) is 81.5 Å². The molecule has 0 unspecified atom stereocenters. The molecule has 0 fully saturated rings. The number of ether oxygens (including phenoxy) is 3. The zero-order valence-electron chi connectivity index (χ0n) is 18.6. The summed E-state index contributed by atoms with van der Waals surface area (Å²) in [6, 6.07) is 16.2. The molecule has 0 radical (unpaired) electrons. The van der Waals surface area contributed by atoms with E-state index in [9.17, 15) is 9.59 Å². The highest BCUT2D eigenvalue weighted by atomic mass is 32.1. The van der Waals surface area contributed by atoms with Crippen molar-refractivity contribution in [1.29, 1.82) is 0 Å². The van der Waals surface area contributed by atoms with Crippen LogP contribution in [0.5, 0.6) is 11.5 Å². The van der Waals surface area contributed by atoms with Crippen molar-refractivity contribution in [1.82, 2.24) is 5.01 Å². The van der Waals surface area contributed by atoms with Crippen LogP contribution in [0.1, 0.15) is 38.8 Å². The number of thiophene rings is 1. The van der Waals surface area contributed by atoms with Crippen molar-refractivity contribution >= 4 is 28.9 Å². The summed E-state index contributed by atoms with van der Waals surface area (Å²) in [5, 5.41) is 7.98. The number of aryl methyl sites for hydroxylation is 1. The summed E-state index contributed by atoms with van der Waals surface area (Å²) in [5.74, 6) is 0.232. The molecule has 1 aliphatic heterocycles. The van der Waals surface area contributed by atoms with Crippen molar-refractivity contribution in [3.8, 4) is 11.5 Å². The van der Waals surface area contributed by atoms with Gasteiger partial charge in [0.05, 0.1) is 36.4 Å². The Morgan fingerprint density at radius 2 is 1.85 bits per heavy atom. The van der Waals surface area contributed by atoms with E-state index in [1.165, 1.54) is 5.01 Å². The molecule has 0 bridgehead atoms. The summed E-state index contributed by atoms with van der Waals surface area (Å²) >= 11 is 1.56. The fourth-order valence-electron chi connectivity index (χ4n) is 3.72. The highest BCUT2D eigenvalue weighted by Crippen LogP contribution is 2.37. The SMILES string of the molecule is COc1ccc([C@H]2CC(c3cccs3)=NN2C(=O)COC(=O)c2ccccc2C)cc1OC. The molecule has 0 saturated heterocycles. The van der Waals surface area contributed by atoms with Crippen molar-refractivity contribution in [2.45, 2.75) is 19.4 Å². The van der Waals surface area contributed by atoms with Gasteiger partial charge in [-0.05, 0) is 47.7 Å². The lowest BCUT2D eigenvalue weighted by atomic mass is 10.0. The van der Waals surface area contributed by atoms with Gasteiger partial charge in [-0.1, -0.05) is 30.3 Å². The number of nitrogens with zero attached hydrogens (tertiary/aromatic N) is 2. The number of esters is 1. The van der Waals surface area contributed by atoms with E-state index in [1.807, 2.05) is 48.7 Å². The van der Waals surface area contributed by atoms with Gasteiger partial charge in [0, 0.05) is 6.42 Å². The fraction of sp³-hybridized carbons (Fsp3) is 0.240. The Bertz CT molecular complexity index is 1190. The van der Waals surface area contributed by atoms with Crippen LogP contribution in [-0.4, -0.2) is 43.4 Å². The highest BCUT2D eigenvalue weighted by molar-refractivity contribution is 7.12. The molecule has 8 heteroatoms. The first-order valence-corrected chi connectivity index (χ1v) is 11.3. The summed E-state index contributed by atoms with van der Waals surface area (Å²) in [5.41, 5.74) is 2.88. The predicted octanol–water partition coefficient (Wildman–Crippen LogP) is 4.61. The van der Waals surface area contributed by atoms with Gasteiger partial charge in [-0.15, -0.1) is 11.3 Å². The number of rotatable bonds is 7. The second-order valence-electron chi connectivity index (χ2n) is 7.49. The first-order chi connectivity index (χ1) is 16.0. The number of carbonyl (C=O) groups excluding carboxylic acids is 2. The normalized spacial score (nSPS) is 15.2. The maximum atomic E-state index is 13.1. The largest absolute Gasteiger partial charge is 0.493 e. The average molecular weight is 465 g/mol. The van der Waals surface area contributed by atoms with Gasteiger partial charge < -0.3 is 14.2 Å². The van der Waals surface area contributed by atoms with Gasteiger partial charge in [0.1, 0.15) is 0 Å². The van der Waals surface area contributed by atoms with Crippen LogP contribution in [0.4, 0.5) is 0 Å². The topological polar surface area (TPSA) is 77.4 Å². The molecule has 2 heterocycles. The lowest BCUT2D eigenvalue weighted by Crippen LogP contribution is -2.31. The molecule has 7 nitrogen and oxygen atoms in total. The Hall–Kier alpha value is -3.65. The van der Waals surface area contributed by atoms with Crippen LogP contribution < -0.4 is 9.47 Å². The summed E-state index contributed by atoms with van der Waals surface area (Å²) < 4.78 is 16.1. The molecule has 1 amide bonds. The van der Waals surface area contributed by atoms with Gasteiger partial charge in [0.15, 0.2) is 18.1 Å².